The summed E-state index contributed by atoms with van der Waals surface area (Å²) in [5, 5.41) is 3.10. The zero-order valence-electron chi connectivity index (χ0n) is 36.9. The summed E-state index contributed by atoms with van der Waals surface area (Å²) in [5.74, 6) is 0. The second-order valence-corrected chi connectivity index (χ2v) is 16.2. The largest absolute Gasteiger partial charge is 0.363 e. The number of H-pyrrole nitrogens is 3. The molecule has 64 heavy (non-hydrogen) atoms. The van der Waals surface area contributed by atoms with Crippen molar-refractivity contribution >= 4 is 52.7 Å². The SMILES string of the molecule is CCCc1cccc(-c2c3nc(cc4ccc([nH]4)c(-c4cccc(CCC)c4)c4ccc(cc5nc2C=C5)[nH]4)C=C3)c1.CCCc1cccc(C=O)c1.[C+]1=CNC(Cc2ccc[nH]2)=C1. The molecule has 4 aromatic heterocycles. The summed E-state index contributed by atoms with van der Waals surface area (Å²) in [6.07, 6.45) is 25.4. The van der Waals surface area contributed by atoms with Crippen LogP contribution in [0.15, 0.2) is 145 Å². The summed E-state index contributed by atoms with van der Waals surface area (Å²) in [7, 11) is 0. The van der Waals surface area contributed by atoms with E-state index in [2.05, 4.69) is 168 Å². The van der Waals surface area contributed by atoms with Gasteiger partial charge in [0.1, 0.15) is 12.4 Å². The predicted molar refractivity (Wildman–Crippen MR) is 267 cm³/mol. The zero-order valence-corrected chi connectivity index (χ0v) is 36.9. The third kappa shape index (κ3) is 10.9. The Bertz CT molecular complexity index is 2920. The maximum Gasteiger partial charge on any atom is 0.182 e. The van der Waals surface area contributed by atoms with Crippen LogP contribution in [0.3, 0.4) is 0 Å². The standard InChI is InChI=1S/C38H34N4.C10H12O.C9H9N2/c1-3-7-25-9-5-11-27(21-25)37-33-17-13-29(39-33)23-31-15-19-35(41-31)38(28-12-6-10-26(22-28)8-4-2)36-20-16-32(42-36)24-30-14-18-34(37)40-30;1-2-4-9-5-3-6-10(7-9)8-11;1-3-8(10-5-1)7-9-4-2-6-11-9/h5-6,9-24,39-40H,3-4,7-8H2,1-2H3;3,5-8H,2,4H2,1H3;1,3-6,10-11H,7H2/q;;+1. The maximum absolute atomic E-state index is 10.4. The van der Waals surface area contributed by atoms with Gasteiger partial charge in [0.2, 0.25) is 0 Å². The van der Waals surface area contributed by atoms with Crippen LogP contribution in [0.2, 0.25) is 0 Å². The fraction of sp³-hybridized carbons (Fsp3) is 0.175. The van der Waals surface area contributed by atoms with Crippen LogP contribution in [0, 0.1) is 6.08 Å². The van der Waals surface area contributed by atoms with E-state index in [1.54, 1.807) is 0 Å². The molecule has 8 bridgehead atoms. The fourth-order valence-electron chi connectivity index (χ4n) is 8.24. The van der Waals surface area contributed by atoms with E-state index in [9.17, 15) is 4.79 Å². The average Bonchev–Trinajstić information content (AvgIpc) is 4.18. The molecule has 7 heterocycles. The summed E-state index contributed by atoms with van der Waals surface area (Å²) in [5.41, 5.74) is 19.5. The summed E-state index contributed by atoms with van der Waals surface area (Å²) >= 11 is 0. The minimum atomic E-state index is 0.774. The van der Waals surface area contributed by atoms with Gasteiger partial charge in [0.15, 0.2) is 18.0 Å². The van der Waals surface area contributed by atoms with E-state index in [0.29, 0.717) is 0 Å². The van der Waals surface area contributed by atoms with E-state index >= 15 is 0 Å². The Kier molecular flexibility index (Phi) is 14.1. The lowest BCUT2D eigenvalue weighted by Crippen LogP contribution is -2.03. The molecule has 0 fully saturated rings. The average molecular weight is 840 g/mol. The third-order valence-corrected chi connectivity index (χ3v) is 11.2. The summed E-state index contributed by atoms with van der Waals surface area (Å²) < 4.78 is 0. The van der Waals surface area contributed by atoms with E-state index < -0.39 is 0 Å². The normalized spacial score (nSPS) is 12.1. The number of carbonyl (C=O) groups excluding carboxylic acids is 1. The number of aromatic nitrogens is 5. The van der Waals surface area contributed by atoms with Gasteiger partial charge in [-0.3, -0.25) is 10.1 Å². The van der Waals surface area contributed by atoms with Crippen LogP contribution in [-0.4, -0.2) is 31.2 Å². The molecule has 0 unspecified atom stereocenters. The Balaban J connectivity index is 0.000000206. The number of nitrogens with zero attached hydrogens (tertiary/aromatic N) is 2. The van der Waals surface area contributed by atoms with Crippen molar-refractivity contribution in [1.82, 2.24) is 30.2 Å². The van der Waals surface area contributed by atoms with E-state index in [-0.39, 0.29) is 0 Å². The van der Waals surface area contributed by atoms with Crippen molar-refractivity contribution in [2.24, 2.45) is 0 Å². The van der Waals surface area contributed by atoms with Gasteiger partial charge in [0, 0.05) is 50.6 Å². The topological polar surface area (TPSA) is 102 Å². The number of aryl methyl sites for hydroxylation is 3. The molecular formula is C57H55N6O+. The number of rotatable bonds is 11. The summed E-state index contributed by atoms with van der Waals surface area (Å²) in [6, 6.07) is 42.4. The van der Waals surface area contributed by atoms with Gasteiger partial charge in [-0.1, -0.05) is 107 Å². The molecular weight excluding hydrogens is 785 g/mol. The van der Waals surface area contributed by atoms with Crippen molar-refractivity contribution in [1.29, 1.82) is 0 Å². The van der Waals surface area contributed by atoms with Crippen molar-refractivity contribution in [3.63, 3.8) is 0 Å². The molecule has 10 rings (SSSR count). The minimum absolute atomic E-state index is 0.774. The van der Waals surface area contributed by atoms with Crippen molar-refractivity contribution in [2.75, 3.05) is 0 Å². The van der Waals surface area contributed by atoms with Gasteiger partial charge >= 0.3 is 0 Å². The van der Waals surface area contributed by atoms with Crippen LogP contribution >= 0.6 is 0 Å². The van der Waals surface area contributed by atoms with Crippen LogP contribution in [0.25, 0.3) is 68.6 Å². The monoisotopic (exact) mass is 839 g/mol. The van der Waals surface area contributed by atoms with Crippen molar-refractivity contribution < 1.29 is 4.79 Å². The molecule has 3 aliphatic heterocycles. The molecule has 0 atom stereocenters. The molecule has 3 aliphatic rings. The van der Waals surface area contributed by atoms with Gasteiger partial charge in [0.25, 0.3) is 0 Å². The number of fused-ring (bicyclic) bond motifs is 8. The molecule has 7 nitrogen and oxygen atoms in total. The Morgan fingerprint density at radius 1 is 0.578 bits per heavy atom. The number of allylic oxidation sites excluding steroid dienone is 3. The predicted octanol–water partition coefficient (Wildman–Crippen LogP) is 13.7. The second kappa shape index (κ2) is 21.0. The second-order valence-electron chi connectivity index (χ2n) is 16.2. The number of hydrogen-bond donors (Lipinski definition) is 4. The van der Waals surface area contributed by atoms with Gasteiger partial charge in [0.05, 0.1) is 29.2 Å². The van der Waals surface area contributed by atoms with Gasteiger partial charge in [-0.2, -0.15) is 0 Å². The van der Waals surface area contributed by atoms with Crippen molar-refractivity contribution in [3.05, 3.63) is 202 Å². The van der Waals surface area contributed by atoms with Crippen LogP contribution in [0.4, 0.5) is 0 Å². The number of hydrogen-bond acceptors (Lipinski definition) is 4. The van der Waals surface area contributed by atoms with Gasteiger partial charge in [-0.05, 0) is 126 Å². The first-order chi connectivity index (χ1) is 31.5. The number of carbonyl (C=O) groups is 1. The molecule has 318 valence electrons. The van der Waals surface area contributed by atoms with E-state index in [1.807, 2.05) is 42.7 Å². The highest BCUT2D eigenvalue weighted by Gasteiger charge is 2.15. The first-order valence-corrected chi connectivity index (χ1v) is 22.5. The highest BCUT2D eigenvalue weighted by molar-refractivity contribution is 5.94. The molecule has 0 saturated heterocycles. The van der Waals surface area contributed by atoms with Crippen molar-refractivity contribution in [3.8, 4) is 22.3 Å². The van der Waals surface area contributed by atoms with Crippen LogP contribution in [-0.2, 0) is 25.7 Å². The highest BCUT2D eigenvalue weighted by Crippen LogP contribution is 2.33. The smallest absolute Gasteiger partial charge is 0.182 e. The van der Waals surface area contributed by atoms with Crippen LogP contribution in [0.1, 0.15) is 95.6 Å². The van der Waals surface area contributed by atoms with Crippen LogP contribution in [0.5, 0.6) is 0 Å². The van der Waals surface area contributed by atoms with Gasteiger partial charge in [-0.15, -0.1) is 0 Å². The Morgan fingerprint density at radius 3 is 1.66 bits per heavy atom. The molecule has 0 radical (unpaired) electrons. The molecule has 3 aromatic carbocycles. The molecule has 7 heteroatoms. The Labute approximate surface area is 376 Å². The number of nitrogens with one attached hydrogen (secondary N) is 4. The van der Waals surface area contributed by atoms with Crippen LogP contribution < -0.4 is 5.32 Å². The van der Waals surface area contributed by atoms with E-state index in [0.717, 1.165) is 118 Å². The molecule has 0 spiro atoms. The number of aldehydes is 1. The number of benzene rings is 3. The van der Waals surface area contributed by atoms with Gasteiger partial charge in [-0.25, -0.2) is 9.97 Å². The molecule has 0 amide bonds. The molecule has 7 aromatic rings. The maximum atomic E-state index is 10.4. The lowest BCUT2D eigenvalue weighted by molar-refractivity contribution is 0.112. The van der Waals surface area contributed by atoms with E-state index in [4.69, 9.17) is 9.97 Å². The molecule has 0 saturated carbocycles. The minimum Gasteiger partial charge on any atom is -0.363 e. The first-order valence-electron chi connectivity index (χ1n) is 22.5. The first kappa shape index (κ1) is 43.1. The Hall–Kier alpha value is -7.60. The van der Waals surface area contributed by atoms with E-state index in [1.165, 1.54) is 33.6 Å². The lowest BCUT2D eigenvalue weighted by Gasteiger charge is -2.07. The fourth-order valence-corrected chi connectivity index (χ4v) is 8.24. The third-order valence-electron chi connectivity index (χ3n) is 11.2. The Morgan fingerprint density at radius 2 is 1.14 bits per heavy atom. The van der Waals surface area contributed by atoms with Gasteiger partial charge < -0.3 is 15.0 Å². The van der Waals surface area contributed by atoms with Crippen molar-refractivity contribution in [2.45, 2.75) is 65.7 Å². The number of aromatic amines is 3. The summed E-state index contributed by atoms with van der Waals surface area (Å²) in [4.78, 5) is 31.0. The summed E-state index contributed by atoms with van der Waals surface area (Å²) in [6.45, 7) is 6.58. The lowest BCUT2D eigenvalue weighted by atomic mass is 9.98. The molecule has 0 aliphatic carbocycles. The zero-order chi connectivity index (χ0) is 44.1. The molecule has 4 N–H and O–H groups in total. The quantitative estimate of drug-likeness (QED) is 0.0769. The highest BCUT2D eigenvalue weighted by atomic mass is 16.1.